The van der Waals surface area contributed by atoms with Crippen LogP contribution in [0.1, 0.15) is 53.5 Å². The molecule has 1 amide bonds. The molecule has 0 aliphatic heterocycles. The molecule has 0 saturated heterocycles. The molecule has 118 valence electrons. The van der Waals surface area contributed by atoms with Crippen LogP contribution in [0.4, 0.5) is 0 Å². The standard InChI is InChI=1S/C18H29NO2/c1-13-10-8-9-11-15(13)21-14(2)16(20)19-18(6,7)12-17(3,4)5/h8-11,14H,12H2,1-7H3,(H,19,20)/t14-/m1/s1. The Morgan fingerprint density at radius 2 is 1.76 bits per heavy atom. The summed E-state index contributed by atoms with van der Waals surface area (Å²) >= 11 is 0. The first-order valence-electron chi connectivity index (χ1n) is 7.54. The molecule has 0 aromatic heterocycles. The normalized spacial score (nSPS) is 13.7. The fourth-order valence-electron chi connectivity index (χ4n) is 2.74. The van der Waals surface area contributed by atoms with Gasteiger partial charge < -0.3 is 10.1 Å². The van der Waals surface area contributed by atoms with Gasteiger partial charge in [0.25, 0.3) is 5.91 Å². The molecule has 1 N–H and O–H groups in total. The van der Waals surface area contributed by atoms with Gasteiger partial charge in [0.1, 0.15) is 5.75 Å². The highest BCUT2D eigenvalue weighted by Crippen LogP contribution is 2.27. The zero-order valence-corrected chi connectivity index (χ0v) is 14.4. The molecule has 1 aromatic carbocycles. The lowest BCUT2D eigenvalue weighted by Crippen LogP contribution is -2.50. The highest BCUT2D eigenvalue weighted by Gasteiger charge is 2.29. The molecule has 1 rings (SSSR count). The second kappa shape index (κ2) is 6.50. The van der Waals surface area contributed by atoms with Crippen molar-refractivity contribution >= 4 is 5.91 Å². The Balaban J connectivity index is 2.65. The van der Waals surface area contributed by atoms with Gasteiger partial charge in [0.05, 0.1) is 0 Å². The predicted molar refractivity (Wildman–Crippen MR) is 87.6 cm³/mol. The van der Waals surface area contributed by atoms with Crippen molar-refractivity contribution in [1.82, 2.24) is 5.32 Å². The highest BCUT2D eigenvalue weighted by atomic mass is 16.5. The Kier molecular flexibility index (Phi) is 5.43. The summed E-state index contributed by atoms with van der Waals surface area (Å²) in [6.07, 6.45) is 0.397. The van der Waals surface area contributed by atoms with Gasteiger partial charge in [0, 0.05) is 5.54 Å². The SMILES string of the molecule is Cc1ccccc1O[C@H](C)C(=O)NC(C)(C)CC(C)(C)C. The van der Waals surface area contributed by atoms with Crippen molar-refractivity contribution in [3.05, 3.63) is 29.8 Å². The van der Waals surface area contributed by atoms with Crippen LogP contribution in [0.2, 0.25) is 0 Å². The van der Waals surface area contributed by atoms with Gasteiger partial charge in [-0.15, -0.1) is 0 Å². The lowest BCUT2D eigenvalue weighted by atomic mass is 9.81. The third-order valence-corrected chi connectivity index (χ3v) is 3.20. The Hall–Kier alpha value is -1.51. The Bertz CT molecular complexity index is 486. The first kappa shape index (κ1) is 17.5. The molecule has 0 aliphatic carbocycles. The largest absolute Gasteiger partial charge is 0.481 e. The van der Waals surface area contributed by atoms with Crippen LogP contribution in [-0.4, -0.2) is 17.6 Å². The monoisotopic (exact) mass is 291 g/mol. The van der Waals surface area contributed by atoms with E-state index in [0.29, 0.717) is 0 Å². The molecule has 0 heterocycles. The Morgan fingerprint density at radius 1 is 1.19 bits per heavy atom. The number of aryl methyl sites for hydroxylation is 1. The molecule has 3 nitrogen and oxygen atoms in total. The minimum atomic E-state index is -0.509. The summed E-state index contributed by atoms with van der Waals surface area (Å²) in [6, 6.07) is 7.73. The average Bonchev–Trinajstić information content (AvgIpc) is 2.28. The van der Waals surface area contributed by atoms with Gasteiger partial charge in [-0.3, -0.25) is 4.79 Å². The van der Waals surface area contributed by atoms with Gasteiger partial charge in [-0.25, -0.2) is 0 Å². The maximum atomic E-state index is 12.3. The van der Waals surface area contributed by atoms with Gasteiger partial charge in [0.15, 0.2) is 6.10 Å². The van der Waals surface area contributed by atoms with Crippen molar-refractivity contribution in [2.24, 2.45) is 5.41 Å². The number of ether oxygens (including phenoxy) is 1. The van der Waals surface area contributed by atoms with E-state index in [4.69, 9.17) is 4.74 Å². The minimum Gasteiger partial charge on any atom is -0.481 e. The zero-order valence-electron chi connectivity index (χ0n) is 14.4. The van der Waals surface area contributed by atoms with E-state index in [1.807, 2.05) is 31.2 Å². The van der Waals surface area contributed by atoms with Gasteiger partial charge >= 0.3 is 0 Å². The van der Waals surface area contributed by atoms with E-state index in [1.165, 1.54) is 0 Å². The van der Waals surface area contributed by atoms with Crippen LogP contribution >= 0.6 is 0 Å². The third kappa shape index (κ3) is 6.19. The lowest BCUT2D eigenvalue weighted by Gasteiger charge is -2.34. The van der Waals surface area contributed by atoms with Crippen LogP contribution < -0.4 is 10.1 Å². The van der Waals surface area contributed by atoms with Crippen molar-refractivity contribution < 1.29 is 9.53 Å². The van der Waals surface area contributed by atoms with E-state index in [0.717, 1.165) is 17.7 Å². The second-order valence-corrected chi connectivity index (χ2v) is 7.64. The summed E-state index contributed by atoms with van der Waals surface area (Å²) in [6.45, 7) is 14.4. The summed E-state index contributed by atoms with van der Waals surface area (Å²) in [7, 11) is 0. The maximum Gasteiger partial charge on any atom is 0.261 e. The molecule has 0 bridgehead atoms. The number of carbonyl (C=O) groups is 1. The molecule has 0 spiro atoms. The van der Waals surface area contributed by atoms with Crippen molar-refractivity contribution in [1.29, 1.82) is 0 Å². The summed E-state index contributed by atoms with van der Waals surface area (Å²) in [5, 5.41) is 3.09. The average molecular weight is 291 g/mol. The molecule has 3 heteroatoms. The number of hydrogen-bond donors (Lipinski definition) is 1. The minimum absolute atomic E-state index is 0.0764. The summed E-state index contributed by atoms with van der Waals surface area (Å²) in [4.78, 5) is 12.3. The molecule has 0 radical (unpaired) electrons. The van der Waals surface area contributed by atoms with Crippen molar-refractivity contribution in [2.45, 2.75) is 66.5 Å². The van der Waals surface area contributed by atoms with Gasteiger partial charge in [0.2, 0.25) is 0 Å². The highest BCUT2D eigenvalue weighted by molar-refractivity contribution is 5.81. The zero-order chi connectivity index (χ0) is 16.3. The smallest absolute Gasteiger partial charge is 0.261 e. The van der Waals surface area contributed by atoms with E-state index in [2.05, 4.69) is 39.9 Å². The van der Waals surface area contributed by atoms with Crippen LogP contribution in [0.25, 0.3) is 0 Å². The third-order valence-electron chi connectivity index (χ3n) is 3.20. The van der Waals surface area contributed by atoms with Gasteiger partial charge in [-0.1, -0.05) is 39.0 Å². The fourth-order valence-corrected chi connectivity index (χ4v) is 2.74. The number of benzene rings is 1. The Morgan fingerprint density at radius 3 is 2.29 bits per heavy atom. The van der Waals surface area contributed by atoms with E-state index >= 15 is 0 Å². The van der Waals surface area contributed by atoms with E-state index in [-0.39, 0.29) is 16.9 Å². The maximum absolute atomic E-state index is 12.3. The number of para-hydroxylation sites is 1. The van der Waals surface area contributed by atoms with Crippen molar-refractivity contribution in [2.75, 3.05) is 0 Å². The van der Waals surface area contributed by atoms with Crippen LogP contribution in [0.5, 0.6) is 5.75 Å². The van der Waals surface area contributed by atoms with E-state index < -0.39 is 6.10 Å². The van der Waals surface area contributed by atoms with E-state index in [9.17, 15) is 4.79 Å². The quantitative estimate of drug-likeness (QED) is 0.887. The molecule has 0 unspecified atom stereocenters. The number of carbonyl (C=O) groups excluding carboxylic acids is 1. The van der Waals surface area contributed by atoms with Crippen LogP contribution in [-0.2, 0) is 4.79 Å². The molecular formula is C18H29NO2. The molecular weight excluding hydrogens is 262 g/mol. The second-order valence-electron chi connectivity index (χ2n) is 7.64. The lowest BCUT2D eigenvalue weighted by molar-refractivity contribution is -0.129. The fraction of sp³-hybridized carbons (Fsp3) is 0.611. The summed E-state index contributed by atoms with van der Waals surface area (Å²) in [5.41, 5.74) is 0.946. The number of rotatable bonds is 5. The number of nitrogens with one attached hydrogen (secondary N) is 1. The predicted octanol–water partition coefficient (Wildman–Crippen LogP) is 4.09. The first-order valence-corrected chi connectivity index (χ1v) is 7.54. The molecule has 0 fully saturated rings. The van der Waals surface area contributed by atoms with E-state index in [1.54, 1.807) is 6.92 Å². The Labute approximate surface area is 129 Å². The topological polar surface area (TPSA) is 38.3 Å². The summed E-state index contributed by atoms with van der Waals surface area (Å²) in [5.74, 6) is 0.682. The van der Waals surface area contributed by atoms with Crippen LogP contribution in [0.3, 0.4) is 0 Å². The van der Waals surface area contributed by atoms with Crippen LogP contribution in [0, 0.1) is 12.3 Å². The van der Waals surface area contributed by atoms with Gasteiger partial charge in [-0.05, 0) is 51.2 Å². The van der Waals surface area contributed by atoms with Crippen molar-refractivity contribution in [3.8, 4) is 5.75 Å². The molecule has 0 saturated carbocycles. The summed E-state index contributed by atoms with van der Waals surface area (Å²) < 4.78 is 5.77. The van der Waals surface area contributed by atoms with Gasteiger partial charge in [-0.2, -0.15) is 0 Å². The number of hydrogen-bond acceptors (Lipinski definition) is 2. The molecule has 1 atom stereocenters. The van der Waals surface area contributed by atoms with Crippen LogP contribution in [0.15, 0.2) is 24.3 Å². The molecule has 0 aliphatic rings. The van der Waals surface area contributed by atoms with Crippen molar-refractivity contribution in [3.63, 3.8) is 0 Å². The molecule has 1 aromatic rings. The number of amides is 1. The molecule has 21 heavy (non-hydrogen) atoms. The first-order chi connectivity index (χ1) is 9.50.